The Morgan fingerprint density at radius 2 is 0.980 bits per heavy atom. The molecule has 0 aliphatic carbocycles. The van der Waals surface area contributed by atoms with Crippen molar-refractivity contribution < 1.29 is 1.37 Å². The molecule has 0 nitrogen and oxygen atoms in total. The van der Waals surface area contributed by atoms with Crippen molar-refractivity contribution in [3.8, 4) is 44.5 Å². The summed E-state index contributed by atoms with van der Waals surface area (Å²) >= 11 is 1.87. The molecule has 10 aromatic rings. The summed E-state index contributed by atoms with van der Waals surface area (Å²) in [6.45, 7) is 0. The van der Waals surface area contributed by atoms with Crippen molar-refractivity contribution in [1.29, 1.82) is 0 Å². The van der Waals surface area contributed by atoms with Crippen molar-refractivity contribution in [2.45, 2.75) is 0 Å². The lowest BCUT2D eigenvalue weighted by Crippen LogP contribution is -1.92. The van der Waals surface area contributed by atoms with Crippen LogP contribution >= 0.6 is 11.3 Å². The highest BCUT2D eigenvalue weighted by Crippen LogP contribution is 2.47. The molecule has 228 valence electrons. The first-order valence-electron chi connectivity index (χ1n) is 17.3. The van der Waals surface area contributed by atoms with Crippen LogP contribution in [0.1, 0.15) is 1.37 Å². The van der Waals surface area contributed by atoms with E-state index in [2.05, 4.69) is 164 Å². The Bertz CT molecular complexity index is 2880. The van der Waals surface area contributed by atoms with E-state index in [9.17, 15) is 0 Å². The monoisotopic (exact) mass is 639 g/mol. The Morgan fingerprint density at radius 3 is 1.76 bits per heavy atom. The molecule has 0 radical (unpaired) electrons. The van der Waals surface area contributed by atoms with Crippen LogP contribution in [0.25, 0.3) is 97.0 Å². The van der Waals surface area contributed by atoms with Crippen LogP contribution in [-0.2, 0) is 0 Å². The molecular weight excluding hydrogens is 609 g/mol. The quantitative estimate of drug-likeness (QED) is 0.168. The van der Waals surface area contributed by atoms with E-state index in [0.29, 0.717) is 6.04 Å². The zero-order valence-electron chi connectivity index (χ0n) is 27.7. The molecule has 1 heterocycles. The summed E-state index contributed by atoms with van der Waals surface area (Å²) in [4.78, 5) is 0. The van der Waals surface area contributed by atoms with E-state index in [0.717, 1.165) is 10.8 Å². The van der Waals surface area contributed by atoms with Crippen LogP contribution in [0, 0.1) is 0 Å². The molecule has 0 aliphatic rings. The van der Waals surface area contributed by atoms with Crippen LogP contribution < -0.4 is 0 Å². The van der Waals surface area contributed by atoms with Gasteiger partial charge >= 0.3 is 0 Å². The molecule has 0 amide bonds. The van der Waals surface area contributed by atoms with Gasteiger partial charge in [-0.15, -0.1) is 11.3 Å². The van der Waals surface area contributed by atoms with Gasteiger partial charge in [-0.05, 0) is 101 Å². The SMILES string of the molecule is [2H]c1ccc2cc(-c3ccccc3-c3c4ccccc4c(-c4ccc5sc6cc(-c7ccccc7)ccc6c5c4)c4ccccc34)ccc2c1. The lowest BCUT2D eigenvalue weighted by molar-refractivity contribution is 1.62. The van der Waals surface area contributed by atoms with Gasteiger partial charge in [-0.2, -0.15) is 0 Å². The van der Waals surface area contributed by atoms with Crippen LogP contribution in [0.2, 0.25) is 0 Å². The molecule has 0 fully saturated rings. The maximum atomic E-state index is 8.08. The van der Waals surface area contributed by atoms with Gasteiger partial charge in [0.1, 0.15) is 0 Å². The minimum Gasteiger partial charge on any atom is -0.135 e. The molecule has 0 spiro atoms. The summed E-state index contributed by atoms with van der Waals surface area (Å²) in [6.07, 6.45) is 0. The maximum absolute atomic E-state index is 8.08. The number of hydrogen-bond acceptors (Lipinski definition) is 1. The standard InChI is InChI=1S/C48H30S/c1-2-12-31(13-3-1)34-24-26-38-44-29-36(25-27-45(44)49-46(38)30-34)47-40-18-8-10-20-42(40)48(43-21-11-9-19-41(43)47)39-17-7-6-16-37(39)35-23-22-32-14-4-5-15-33(32)28-35/h1-30H/i4D. The predicted molar refractivity (Wildman–Crippen MR) is 214 cm³/mol. The molecule has 1 heteroatoms. The molecule has 49 heavy (non-hydrogen) atoms. The molecule has 0 bridgehead atoms. The number of fused-ring (bicyclic) bond motifs is 6. The van der Waals surface area contributed by atoms with Crippen molar-refractivity contribution >= 4 is 63.8 Å². The molecule has 0 aliphatic heterocycles. The number of benzene rings is 9. The van der Waals surface area contributed by atoms with E-state index >= 15 is 0 Å². The lowest BCUT2D eigenvalue weighted by atomic mass is 9.83. The molecule has 0 N–H and O–H groups in total. The van der Waals surface area contributed by atoms with E-state index in [1.54, 1.807) is 0 Å². The summed E-state index contributed by atoms with van der Waals surface area (Å²) in [5.74, 6) is 0. The molecular formula is C48H30S. The number of hydrogen-bond donors (Lipinski definition) is 0. The average Bonchev–Trinajstić information content (AvgIpc) is 3.54. The Morgan fingerprint density at radius 1 is 0.327 bits per heavy atom. The molecule has 0 saturated carbocycles. The Kier molecular flexibility index (Phi) is 6.22. The fourth-order valence-electron chi connectivity index (χ4n) is 7.72. The van der Waals surface area contributed by atoms with Gasteiger partial charge in [0.25, 0.3) is 0 Å². The summed E-state index contributed by atoms with van der Waals surface area (Å²) in [6, 6.07) is 64.2. The fourth-order valence-corrected chi connectivity index (χ4v) is 8.84. The van der Waals surface area contributed by atoms with Crippen molar-refractivity contribution in [2.75, 3.05) is 0 Å². The molecule has 1 aromatic heterocycles. The Hall–Kier alpha value is -6.02. The third-order valence-electron chi connectivity index (χ3n) is 9.99. The van der Waals surface area contributed by atoms with E-state index in [1.807, 2.05) is 23.5 Å². The van der Waals surface area contributed by atoms with Crippen LogP contribution in [-0.4, -0.2) is 0 Å². The first-order chi connectivity index (χ1) is 24.7. The maximum Gasteiger partial charge on any atom is 0.0623 e. The number of rotatable bonds is 4. The summed E-state index contributed by atoms with van der Waals surface area (Å²) in [5.41, 5.74) is 9.86. The normalized spacial score (nSPS) is 12.0. The second-order valence-electron chi connectivity index (χ2n) is 12.8. The summed E-state index contributed by atoms with van der Waals surface area (Å²) in [5, 5.41) is 9.84. The van der Waals surface area contributed by atoms with E-state index in [1.165, 1.54) is 86.2 Å². The fraction of sp³-hybridized carbons (Fsp3) is 0. The van der Waals surface area contributed by atoms with E-state index in [4.69, 9.17) is 1.37 Å². The smallest absolute Gasteiger partial charge is 0.0623 e. The highest BCUT2D eigenvalue weighted by atomic mass is 32.1. The Balaban J connectivity index is 1.20. The van der Waals surface area contributed by atoms with Crippen molar-refractivity contribution in [3.05, 3.63) is 182 Å². The van der Waals surface area contributed by atoms with Crippen molar-refractivity contribution in [2.24, 2.45) is 0 Å². The summed E-state index contributed by atoms with van der Waals surface area (Å²) in [7, 11) is 0. The second kappa shape index (κ2) is 11.3. The minimum absolute atomic E-state index is 0.534. The molecule has 0 unspecified atom stereocenters. The molecule has 0 atom stereocenters. The van der Waals surface area contributed by atoms with Gasteiger partial charge in [-0.3, -0.25) is 0 Å². The van der Waals surface area contributed by atoms with Crippen LogP contribution in [0.15, 0.2) is 182 Å². The topological polar surface area (TPSA) is 0 Å². The van der Waals surface area contributed by atoms with Gasteiger partial charge in [0, 0.05) is 20.2 Å². The van der Waals surface area contributed by atoms with Gasteiger partial charge in [-0.1, -0.05) is 158 Å². The van der Waals surface area contributed by atoms with Gasteiger partial charge < -0.3 is 0 Å². The van der Waals surface area contributed by atoms with Gasteiger partial charge in [-0.25, -0.2) is 0 Å². The van der Waals surface area contributed by atoms with E-state index in [-0.39, 0.29) is 0 Å². The first-order valence-corrected chi connectivity index (χ1v) is 17.6. The minimum atomic E-state index is 0.534. The highest BCUT2D eigenvalue weighted by molar-refractivity contribution is 7.25. The van der Waals surface area contributed by atoms with Crippen molar-refractivity contribution in [1.82, 2.24) is 0 Å². The average molecular weight is 640 g/mol. The van der Waals surface area contributed by atoms with Gasteiger partial charge in [0.15, 0.2) is 0 Å². The predicted octanol–water partition coefficient (Wildman–Crippen LogP) is 14.2. The molecule has 9 aromatic carbocycles. The summed E-state index contributed by atoms with van der Waals surface area (Å²) < 4.78 is 10.7. The number of thiophene rings is 1. The van der Waals surface area contributed by atoms with Crippen LogP contribution in [0.3, 0.4) is 0 Å². The Labute approximate surface area is 290 Å². The zero-order valence-corrected chi connectivity index (χ0v) is 27.5. The van der Waals surface area contributed by atoms with Crippen LogP contribution in [0.5, 0.6) is 0 Å². The second-order valence-corrected chi connectivity index (χ2v) is 13.8. The van der Waals surface area contributed by atoms with Crippen molar-refractivity contribution in [3.63, 3.8) is 0 Å². The lowest BCUT2D eigenvalue weighted by Gasteiger charge is -2.20. The zero-order chi connectivity index (χ0) is 33.2. The molecule has 0 saturated heterocycles. The third kappa shape index (κ3) is 4.58. The highest BCUT2D eigenvalue weighted by Gasteiger charge is 2.19. The van der Waals surface area contributed by atoms with E-state index < -0.39 is 0 Å². The molecule has 10 rings (SSSR count). The van der Waals surface area contributed by atoms with Crippen LogP contribution in [0.4, 0.5) is 0 Å². The van der Waals surface area contributed by atoms with Gasteiger partial charge in [0.2, 0.25) is 0 Å². The largest absolute Gasteiger partial charge is 0.135 e. The first kappa shape index (κ1) is 27.0. The van der Waals surface area contributed by atoms with Gasteiger partial charge in [0.05, 0.1) is 1.37 Å². The third-order valence-corrected chi connectivity index (χ3v) is 11.1.